The number of nitrogens with one attached hydrogen (secondary N) is 1. The molecular formula is C14H17F2N3O. The molecule has 20 heavy (non-hydrogen) atoms. The number of rotatable bonds is 5. The average Bonchev–Trinajstić information content (AvgIpc) is 2.83. The van der Waals surface area contributed by atoms with Gasteiger partial charge in [-0.3, -0.25) is 4.79 Å². The first-order chi connectivity index (χ1) is 9.51. The Hall–Kier alpha value is -1.98. The number of fused-ring (bicyclic) bond motifs is 1. The molecule has 0 aromatic carbocycles. The van der Waals surface area contributed by atoms with Crippen LogP contribution in [0.5, 0.6) is 0 Å². The molecule has 1 N–H and O–H groups in total. The zero-order valence-corrected chi connectivity index (χ0v) is 11.4. The third-order valence-electron chi connectivity index (χ3n) is 3.17. The minimum absolute atomic E-state index is 0.0708. The number of carbonyl (C=O) groups excluding carboxylic acids is 1. The molecule has 2 heterocycles. The van der Waals surface area contributed by atoms with Crippen molar-refractivity contribution in [3.63, 3.8) is 0 Å². The molecule has 0 aromatic rings. The van der Waals surface area contributed by atoms with Gasteiger partial charge in [-0.25, -0.2) is 13.8 Å². The predicted molar refractivity (Wildman–Crippen MR) is 71.7 cm³/mol. The van der Waals surface area contributed by atoms with E-state index in [4.69, 9.17) is 0 Å². The van der Waals surface area contributed by atoms with E-state index in [9.17, 15) is 13.6 Å². The van der Waals surface area contributed by atoms with E-state index in [0.29, 0.717) is 11.4 Å². The van der Waals surface area contributed by atoms with Crippen molar-refractivity contribution < 1.29 is 13.6 Å². The van der Waals surface area contributed by atoms with Crippen LogP contribution in [0.3, 0.4) is 0 Å². The molecule has 0 radical (unpaired) electrons. The van der Waals surface area contributed by atoms with Crippen molar-refractivity contribution in [2.24, 2.45) is 0 Å². The molecule has 2 aliphatic rings. The number of amides is 1. The molecule has 0 aliphatic carbocycles. The van der Waals surface area contributed by atoms with Crippen molar-refractivity contribution in [1.29, 1.82) is 0 Å². The molecule has 0 aromatic heterocycles. The zero-order chi connectivity index (χ0) is 14.7. The highest BCUT2D eigenvalue weighted by Crippen LogP contribution is 2.27. The van der Waals surface area contributed by atoms with Crippen molar-refractivity contribution >= 4 is 5.91 Å². The molecule has 2 aliphatic heterocycles. The minimum atomic E-state index is -2.61. The molecule has 0 saturated carbocycles. The van der Waals surface area contributed by atoms with E-state index >= 15 is 0 Å². The maximum Gasteiger partial charge on any atom is 0.280 e. The van der Waals surface area contributed by atoms with Gasteiger partial charge in [0.2, 0.25) is 5.91 Å². The summed E-state index contributed by atoms with van der Waals surface area (Å²) in [6.07, 6.45) is -0.101. The highest BCUT2D eigenvalue weighted by Gasteiger charge is 2.18. The molecule has 0 bridgehead atoms. The van der Waals surface area contributed by atoms with Gasteiger partial charge < -0.3 is 9.88 Å². The lowest BCUT2D eigenvalue weighted by molar-refractivity contribution is -0.122. The molecular weight excluding hydrogens is 264 g/mol. The van der Waals surface area contributed by atoms with Gasteiger partial charge in [-0.1, -0.05) is 6.92 Å². The molecule has 2 rings (SSSR count). The summed E-state index contributed by atoms with van der Waals surface area (Å²) in [5.74, 6) is 0.251. The van der Waals surface area contributed by atoms with Crippen LogP contribution in [-0.4, -0.2) is 21.5 Å². The summed E-state index contributed by atoms with van der Waals surface area (Å²) in [5.41, 5.74) is 0.349. The molecule has 1 amide bonds. The van der Waals surface area contributed by atoms with Gasteiger partial charge >= 0.3 is 0 Å². The quantitative estimate of drug-likeness (QED) is 0.916. The second-order valence-electron chi connectivity index (χ2n) is 4.77. The second-order valence-corrected chi connectivity index (χ2v) is 4.77. The Balaban J connectivity index is 2.20. The predicted octanol–water partition coefficient (Wildman–Crippen LogP) is 2.84. The summed E-state index contributed by atoms with van der Waals surface area (Å²) >= 11 is 0. The van der Waals surface area contributed by atoms with E-state index in [2.05, 4.69) is 10.3 Å². The van der Waals surface area contributed by atoms with Gasteiger partial charge in [-0.2, -0.15) is 0 Å². The number of hydrogen-bond donors (Lipinski definition) is 1. The van der Waals surface area contributed by atoms with Gasteiger partial charge in [0.25, 0.3) is 6.43 Å². The minimum Gasteiger partial charge on any atom is -0.352 e. The van der Waals surface area contributed by atoms with Gasteiger partial charge in [0.1, 0.15) is 18.1 Å². The van der Waals surface area contributed by atoms with Crippen molar-refractivity contribution in [3.05, 3.63) is 30.1 Å². The number of carbonyl (C=O) groups is 1. The smallest absolute Gasteiger partial charge is 0.280 e. The number of halogens is 2. The Morgan fingerprint density at radius 2 is 2.25 bits per heavy atom. The maximum absolute atomic E-state index is 12.7. The molecule has 0 saturated heterocycles. The first-order valence-electron chi connectivity index (χ1n) is 6.54. The van der Waals surface area contributed by atoms with Gasteiger partial charge in [0, 0.05) is 17.8 Å². The summed E-state index contributed by atoms with van der Waals surface area (Å²) in [6.45, 7) is 3.96. The standard InChI is InChI=1S/C14H17F2N3O/c1-3-9(2)17-12(20)8-19-6-4-5-10-7-11(13(15)16)18-14(10)19/h4-7,9,13H,3,8H2,1-2H3,(H,17,20)/t9-/m1/s1. The Morgan fingerprint density at radius 3 is 2.90 bits per heavy atom. The number of alkyl halides is 2. The van der Waals surface area contributed by atoms with Crippen LogP contribution in [0.15, 0.2) is 24.4 Å². The van der Waals surface area contributed by atoms with Crippen molar-refractivity contribution in [2.45, 2.75) is 39.3 Å². The van der Waals surface area contributed by atoms with Crippen LogP contribution in [0, 0.1) is 0 Å². The molecule has 4 nitrogen and oxygen atoms in total. The number of nitrogens with zero attached hydrogens (tertiary/aromatic N) is 2. The summed E-state index contributed by atoms with van der Waals surface area (Å²) < 4.78 is 26.9. The highest BCUT2D eigenvalue weighted by molar-refractivity contribution is 5.77. The Morgan fingerprint density at radius 1 is 1.50 bits per heavy atom. The fourth-order valence-corrected chi connectivity index (χ4v) is 1.93. The number of aromatic nitrogens is 2. The summed E-state index contributed by atoms with van der Waals surface area (Å²) in [4.78, 5) is 15.8. The Kier molecular flexibility index (Phi) is 4.32. The lowest BCUT2D eigenvalue weighted by Crippen LogP contribution is -2.34. The highest BCUT2D eigenvalue weighted by atomic mass is 19.3. The van der Waals surface area contributed by atoms with Crippen molar-refractivity contribution in [2.75, 3.05) is 0 Å². The molecule has 108 valence electrons. The normalized spacial score (nSPS) is 12.8. The van der Waals surface area contributed by atoms with Gasteiger partial charge in [-0.05, 0) is 31.5 Å². The molecule has 6 heteroatoms. The number of pyridine rings is 1. The fraction of sp³-hybridized carbons (Fsp3) is 0.429. The van der Waals surface area contributed by atoms with E-state index in [1.165, 1.54) is 6.07 Å². The van der Waals surface area contributed by atoms with Crippen LogP contribution in [-0.2, 0) is 11.3 Å². The van der Waals surface area contributed by atoms with Gasteiger partial charge in [0.05, 0.1) is 0 Å². The SMILES string of the molecule is CC[C@@H](C)NC(=O)Cn1cccc2cc(C(F)F)nc1-2. The van der Waals surface area contributed by atoms with E-state index in [1.54, 1.807) is 22.9 Å². The lowest BCUT2D eigenvalue weighted by atomic mass is 10.2. The average molecular weight is 281 g/mol. The Labute approximate surface area is 116 Å². The molecule has 0 unspecified atom stereocenters. The first-order valence-corrected chi connectivity index (χ1v) is 6.54. The first kappa shape index (κ1) is 14.4. The van der Waals surface area contributed by atoms with Crippen LogP contribution in [0.4, 0.5) is 8.78 Å². The van der Waals surface area contributed by atoms with E-state index in [0.717, 1.165) is 6.42 Å². The van der Waals surface area contributed by atoms with Crippen molar-refractivity contribution in [3.8, 4) is 11.4 Å². The number of hydrogen-bond acceptors (Lipinski definition) is 2. The molecule has 1 atom stereocenters. The maximum atomic E-state index is 12.7. The topological polar surface area (TPSA) is 46.9 Å². The van der Waals surface area contributed by atoms with Crippen LogP contribution in [0.1, 0.15) is 32.4 Å². The second kappa shape index (κ2) is 5.98. The van der Waals surface area contributed by atoms with Crippen LogP contribution < -0.4 is 5.32 Å². The van der Waals surface area contributed by atoms with E-state index in [1.807, 2.05) is 13.8 Å². The molecule has 0 spiro atoms. The monoisotopic (exact) mass is 281 g/mol. The third kappa shape index (κ3) is 3.12. The fourth-order valence-electron chi connectivity index (χ4n) is 1.93. The van der Waals surface area contributed by atoms with E-state index < -0.39 is 6.43 Å². The third-order valence-corrected chi connectivity index (χ3v) is 3.17. The van der Waals surface area contributed by atoms with Crippen LogP contribution in [0.25, 0.3) is 11.4 Å². The zero-order valence-electron chi connectivity index (χ0n) is 11.4. The lowest BCUT2D eigenvalue weighted by Gasteiger charge is -2.14. The van der Waals surface area contributed by atoms with Gasteiger partial charge in [-0.15, -0.1) is 0 Å². The van der Waals surface area contributed by atoms with Gasteiger partial charge in [0.15, 0.2) is 0 Å². The van der Waals surface area contributed by atoms with Crippen molar-refractivity contribution in [1.82, 2.24) is 14.9 Å². The van der Waals surface area contributed by atoms with Crippen LogP contribution in [0.2, 0.25) is 0 Å². The largest absolute Gasteiger partial charge is 0.352 e. The molecule has 0 fully saturated rings. The van der Waals surface area contributed by atoms with Crippen LogP contribution >= 0.6 is 0 Å². The Bertz CT molecular complexity index is 568. The summed E-state index contributed by atoms with van der Waals surface area (Å²) in [6, 6.07) is 4.86. The van der Waals surface area contributed by atoms with E-state index in [-0.39, 0.29) is 24.2 Å². The summed E-state index contributed by atoms with van der Waals surface area (Å²) in [5, 5.41) is 2.84. The summed E-state index contributed by atoms with van der Waals surface area (Å²) in [7, 11) is 0.